The first kappa shape index (κ1) is 19.3. The quantitative estimate of drug-likeness (QED) is 0.797. The van der Waals surface area contributed by atoms with Gasteiger partial charge in [-0.05, 0) is 42.0 Å². The average molecular weight is 375 g/mol. The third-order valence-corrected chi connectivity index (χ3v) is 5.00. The van der Waals surface area contributed by atoms with Crippen molar-refractivity contribution in [2.45, 2.75) is 57.4 Å². The van der Waals surface area contributed by atoms with Crippen LogP contribution in [0.5, 0.6) is 0 Å². The van der Waals surface area contributed by atoms with Crippen molar-refractivity contribution in [3.05, 3.63) is 35.1 Å². The molecule has 4 rings (SSSR count). The summed E-state index contributed by atoms with van der Waals surface area (Å²) in [5, 5.41) is 4.65. The summed E-state index contributed by atoms with van der Waals surface area (Å²) < 4.78 is 13.5. The predicted octanol–water partition coefficient (Wildman–Crippen LogP) is 2.47. The Morgan fingerprint density at radius 2 is 2.00 bits per heavy atom. The first-order chi connectivity index (χ1) is 12.9. The molecule has 0 radical (unpaired) electrons. The molecule has 3 aliphatic rings. The number of fused-ring (bicyclic) bond motifs is 1. The minimum Gasteiger partial charge on any atom is -0.342 e. The number of carbonyl (C=O) groups excluding carboxylic acids is 3. The summed E-state index contributed by atoms with van der Waals surface area (Å²) in [6.07, 6.45) is 5.66. The third-order valence-electron chi connectivity index (χ3n) is 5.00. The standard InChI is InChI=1S/C17H20FN3O3.C3H6/c1-10-9-21(7-6-11-2-3-12(18)8-13(10)11)15(22)5-4-14-16(23)20-17(24)19-14;1-2-3-1/h2-3,8,10,14H,4-7,9H2,1H3,(H2,19,20,23,24);1-3H2. The van der Waals surface area contributed by atoms with Crippen LogP contribution in [-0.2, 0) is 16.0 Å². The summed E-state index contributed by atoms with van der Waals surface area (Å²) >= 11 is 0. The molecule has 6 nitrogen and oxygen atoms in total. The summed E-state index contributed by atoms with van der Waals surface area (Å²) in [5.74, 6) is -0.649. The number of rotatable bonds is 3. The van der Waals surface area contributed by atoms with Crippen molar-refractivity contribution in [1.29, 1.82) is 0 Å². The van der Waals surface area contributed by atoms with Crippen LogP contribution in [0.15, 0.2) is 18.2 Å². The van der Waals surface area contributed by atoms with Gasteiger partial charge in [-0.25, -0.2) is 9.18 Å². The molecule has 2 unspecified atom stereocenters. The lowest BCUT2D eigenvalue weighted by Gasteiger charge is -2.23. The molecule has 146 valence electrons. The van der Waals surface area contributed by atoms with Gasteiger partial charge in [0.05, 0.1) is 0 Å². The third kappa shape index (κ3) is 5.28. The summed E-state index contributed by atoms with van der Waals surface area (Å²) in [7, 11) is 0. The molecule has 0 spiro atoms. The largest absolute Gasteiger partial charge is 0.342 e. The fraction of sp³-hybridized carbons (Fsp3) is 0.550. The zero-order valence-corrected chi connectivity index (χ0v) is 15.6. The lowest BCUT2D eigenvalue weighted by Crippen LogP contribution is -2.36. The van der Waals surface area contributed by atoms with Gasteiger partial charge >= 0.3 is 6.03 Å². The van der Waals surface area contributed by atoms with Gasteiger partial charge in [-0.3, -0.25) is 14.9 Å². The van der Waals surface area contributed by atoms with Crippen LogP contribution in [0.4, 0.5) is 9.18 Å². The van der Waals surface area contributed by atoms with Crippen molar-refractivity contribution in [3.63, 3.8) is 0 Å². The van der Waals surface area contributed by atoms with Gasteiger partial charge in [-0.2, -0.15) is 0 Å². The van der Waals surface area contributed by atoms with Gasteiger partial charge in [-0.15, -0.1) is 0 Å². The summed E-state index contributed by atoms with van der Waals surface area (Å²) in [4.78, 5) is 36.8. The van der Waals surface area contributed by atoms with E-state index in [0.717, 1.165) is 11.1 Å². The van der Waals surface area contributed by atoms with Gasteiger partial charge in [-0.1, -0.05) is 32.3 Å². The molecule has 27 heavy (non-hydrogen) atoms. The van der Waals surface area contributed by atoms with Crippen LogP contribution in [0.3, 0.4) is 0 Å². The molecule has 1 aromatic carbocycles. The molecule has 0 aromatic heterocycles. The van der Waals surface area contributed by atoms with Crippen molar-refractivity contribution in [3.8, 4) is 0 Å². The fourth-order valence-electron chi connectivity index (χ4n) is 3.34. The second-order valence-corrected chi connectivity index (χ2v) is 7.45. The molecule has 1 aromatic rings. The second-order valence-electron chi connectivity index (χ2n) is 7.45. The number of halogens is 1. The van der Waals surface area contributed by atoms with E-state index in [0.29, 0.717) is 19.5 Å². The SMILES string of the molecule is C1CC1.CC1CN(C(=O)CCC2NC(=O)NC2=O)CCc2ccc(F)cc21. The number of amides is 4. The first-order valence-corrected chi connectivity index (χ1v) is 9.61. The molecule has 2 aliphatic heterocycles. The van der Waals surface area contributed by atoms with Crippen molar-refractivity contribution in [1.82, 2.24) is 15.5 Å². The van der Waals surface area contributed by atoms with Crippen LogP contribution < -0.4 is 10.6 Å². The molecular formula is C20H26FN3O3. The molecular weight excluding hydrogens is 349 g/mol. The summed E-state index contributed by atoms with van der Waals surface area (Å²) in [6.45, 7) is 3.08. The lowest BCUT2D eigenvalue weighted by molar-refractivity contribution is -0.131. The predicted molar refractivity (Wildman–Crippen MR) is 98.6 cm³/mol. The highest BCUT2D eigenvalue weighted by atomic mass is 19.1. The van der Waals surface area contributed by atoms with Crippen LogP contribution in [0.1, 0.15) is 56.1 Å². The van der Waals surface area contributed by atoms with E-state index in [1.54, 1.807) is 17.0 Å². The zero-order valence-electron chi connectivity index (χ0n) is 15.6. The molecule has 2 heterocycles. The van der Waals surface area contributed by atoms with Crippen LogP contribution >= 0.6 is 0 Å². The van der Waals surface area contributed by atoms with E-state index in [1.807, 2.05) is 6.92 Å². The highest BCUT2D eigenvalue weighted by Gasteiger charge is 2.31. The molecule has 1 aliphatic carbocycles. The Kier molecular flexibility index (Phi) is 6.08. The van der Waals surface area contributed by atoms with E-state index >= 15 is 0 Å². The smallest absolute Gasteiger partial charge is 0.322 e. The van der Waals surface area contributed by atoms with E-state index < -0.39 is 12.1 Å². The fourth-order valence-corrected chi connectivity index (χ4v) is 3.34. The van der Waals surface area contributed by atoms with Gasteiger partial charge < -0.3 is 10.2 Å². The Balaban J connectivity index is 0.000000637. The molecule has 1 saturated heterocycles. The first-order valence-electron chi connectivity index (χ1n) is 9.61. The van der Waals surface area contributed by atoms with Gasteiger partial charge in [0.1, 0.15) is 11.9 Å². The van der Waals surface area contributed by atoms with Gasteiger partial charge in [0.2, 0.25) is 5.91 Å². The zero-order chi connectivity index (χ0) is 19.4. The summed E-state index contributed by atoms with van der Waals surface area (Å²) in [6, 6.07) is 3.63. The van der Waals surface area contributed by atoms with E-state index in [-0.39, 0.29) is 36.4 Å². The number of imide groups is 1. The molecule has 2 N–H and O–H groups in total. The van der Waals surface area contributed by atoms with Crippen molar-refractivity contribution >= 4 is 17.8 Å². The number of benzene rings is 1. The van der Waals surface area contributed by atoms with E-state index in [1.165, 1.54) is 25.3 Å². The number of nitrogens with one attached hydrogen (secondary N) is 2. The Hall–Kier alpha value is -2.44. The number of urea groups is 1. The molecule has 2 fully saturated rings. The lowest BCUT2D eigenvalue weighted by atomic mass is 9.95. The van der Waals surface area contributed by atoms with Crippen molar-refractivity contribution < 1.29 is 18.8 Å². The van der Waals surface area contributed by atoms with Crippen LogP contribution in [0.2, 0.25) is 0 Å². The van der Waals surface area contributed by atoms with E-state index in [9.17, 15) is 18.8 Å². The Labute approximate surface area is 158 Å². The molecule has 4 amide bonds. The Bertz CT molecular complexity index is 732. The van der Waals surface area contributed by atoms with Crippen molar-refractivity contribution in [2.24, 2.45) is 0 Å². The molecule has 2 atom stereocenters. The Morgan fingerprint density at radius 1 is 1.26 bits per heavy atom. The van der Waals surface area contributed by atoms with Crippen LogP contribution in [-0.4, -0.2) is 41.9 Å². The van der Waals surface area contributed by atoms with E-state index in [2.05, 4.69) is 10.6 Å². The van der Waals surface area contributed by atoms with Crippen LogP contribution in [0.25, 0.3) is 0 Å². The highest BCUT2D eigenvalue weighted by Crippen LogP contribution is 2.26. The number of hydrogen-bond acceptors (Lipinski definition) is 3. The van der Waals surface area contributed by atoms with Gasteiger partial charge in [0.25, 0.3) is 5.91 Å². The minimum atomic E-state index is -0.642. The maximum Gasteiger partial charge on any atom is 0.322 e. The number of hydrogen-bond donors (Lipinski definition) is 2. The topological polar surface area (TPSA) is 78.5 Å². The average Bonchev–Trinajstić information content (AvgIpc) is 3.48. The van der Waals surface area contributed by atoms with Gasteiger partial charge in [0.15, 0.2) is 0 Å². The normalized spacial score (nSPS) is 23.4. The number of carbonyl (C=O) groups is 3. The summed E-state index contributed by atoms with van der Waals surface area (Å²) in [5.41, 5.74) is 2.02. The van der Waals surface area contributed by atoms with Crippen molar-refractivity contribution in [2.75, 3.05) is 13.1 Å². The van der Waals surface area contributed by atoms with E-state index in [4.69, 9.17) is 0 Å². The molecule has 7 heteroatoms. The minimum absolute atomic E-state index is 0.0518. The number of nitrogens with zero attached hydrogens (tertiary/aromatic N) is 1. The maximum absolute atomic E-state index is 13.5. The van der Waals surface area contributed by atoms with Gasteiger partial charge in [0, 0.05) is 19.5 Å². The maximum atomic E-state index is 13.5. The molecule has 1 saturated carbocycles. The van der Waals surface area contributed by atoms with Crippen LogP contribution in [0, 0.1) is 5.82 Å². The Morgan fingerprint density at radius 3 is 2.63 bits per heavy atom. The monoisotopic (exact) mass is 375 g/mol. The second kappa shape index (κ2) is 8.50. The molecule has 0 bridgehead atoms. The highest BCUT2D eigenvalue weighted by molar-refractivity contribution is 6.04.